The minimum absolute atomic E-state index is 0.307. The van der Waals surface area contributed by atoms with Crippen molar-refractivity contribution in [3.05, 3.63) is 71.6 Å². The smallest absolute Gasteiger partial charge is 0.137 e. The Hall–Kier alpha value is -2.52. The molecule has 114 valence electrons. The number of hydrogen-bond donors (Lipinski definition) is 2. The summed E-state index contributed by atoms with van der Waals surface area (Å²) in [6.07, 6.45) is 3.79. The van der Waals surface area contributed by atoms with Gasteiger partial charge >= 0.3 is 0 Å². The van der Waals surface area contributed by atoms with E-state index in [-0.39, 0.29) is 0 Å². The zero-order valence-electron chi connectivity index (χ0n) is 12.8. The van der Waals surface area contributed by atoms with Crippen LogP contribution in [0.4, 0.5) is 0 Å². The highest BCUT2D eigenvalue weighted by Crippen LogP contribution is 2.33. The van der Waals surface area contributed by atoms with E-state index in [9.17, 15) is 0 Å². The fourth-order valence-electron chi connectivity index (χ4n) is 3.87. The Morgan fingerprint density at radius 3 is 3.00 bits per heavy atom. The summed E-state index contributed by atoms with van der Waals surface area (Å²) in [6, 6.07) is 17.3. The van der Waals surface area contributed by atoms with Gasteiger partial charge in [0.05, 0.1) is 12.3 Å². The van der Waals surface area contributed by atoms with Crippen LogP contribution in [0.2, 0.25) is 0 Å². The number of nitrogens with one attached hydrogen (secondary N) is 2. The quantitative estimate of drug-likeness (QED) is 0.578. The summed E-state index contributed by atoms with van der Waals surface area (Å²) in [6.45, 7) is 1.02. The van der Waals surface area contributed by atoms with Gasteiger partial charge in [0.25, 0.3) is 0 Å². The fraction of sp³-hybridized carbons (Fsp3) is 0.200. The maximum absolute atomic E-state index is 5.70. The molecule has 2 aromatic heterocycles. The van der Waals surface area contributed by atoms with Crippen LogP contribution in [0.3, 0.4) is 0 Å². The van der Waals surface area contributed by atoms with Gasteiger partial charge in [0.1, 0.15) is 5.58 Å². The molecule has 3 heterocycles. The highest BCUT2D eigenvalue weighted by molar-refractivity contribution is 5.85. The van der Waals surface area contributed by atoms with Gasteiger partial charge < -0.3 is 14.7 Å². The van der Waals surface area contributed by atoms with Crippen LogP contribution in [0, 0.1) is 0 Å². The van der Waals surface area contributed by atoms with Crippen molar-refractivity contribution >= 4 is 21.9 Å². The minimum Gasteiger partial charge on any atom is -0.464 e. The summed E-state index contributed by atoms with van der Waals surface area (Å²) in [4.78, 5) is 3.64. The third-order valence-electron chi connectivity index (χ3n) is 4.95. The van der Waals surface area contributed by atoms with Crippen molar-refractivity contribution in [1.29, 1.82) is 0 Å². The molecule has 5 rings (SSSR count). The molecule has 1 atom stereocenters. The van der Waals surface area contributed by atoms with E-state index in [2.05, 4.69) is 52.8 Å². The van der Waals surface area contributed by atoms with Crippen molar-refractivity contribution in [3.8, 4) is 0 Å². The summed E-state index contributed by atoms with van der Waals surface area (Å²) in [5.74, 6) is 0. The first-order valence-corrected chi connectivity index (χ1v) is 8.18. The van der Waals surface area contributed by atoms with Crippen molar-refractivity contribution in [1.82, 2.24) is 10.3 Å². The van der Waals surface area contributed by atoms with Crippen molar-refractivity contribution in [3.63, 3.8) is 0 Å². The molecule has 4 aromatic rings. The highest BCUT2D eigenvalue weighted by atomic mass is 16.3. The van der Waals surface area contributed by atoms with E-state index >= 15 is 0 Å². The lowest BCUT2D eigenvalue weighted by Crippen LogP contribution is -2.31. The van der Waals surface area contributed by atoms with Crippen molar-refractivity contribution < 1.29 is 4.42 Å². The van der Waals surface area contributed by atoms with Gasteiger partial charge in [-0.1, -0.05) is 36.4 Å². The van der Waals surface area contributed by atoms with E-state index in [1.165, 1.54) is 33.1 Å². The molecule has 0 saturated heterocycles. The fourth-order valence-corrected chi connectivity index (χ4v) is 3.87. The van der Waals surface area contributed by atoms with Crippen LogP contribution in [0.5, 0.6) is 0 Å². The topological polar surface area (TPSA) is 41.0 Å². The second-order valence-electron chi connectivity index (χ2n) is 6.28. The molecule has 2 N–H and O–H groups in total. The van der Waals surface area contributed by atoms with Gasteiger partial charge in [-0.3, -0.25) is 0 Å². The zero-order valence-corrected chi connectivity index (χ0v) is 12.8. The summed E-state index contributed by atoms with van der Waals surface area (Å²) < 4.78 is 5.70. The third kappa shape index (κ3) is 2.01. The number of H-pyrrole nitrogens is 1. The number of benzene rings is 2. The van der Waals surface area contributed by atoms with Crippen LogP contribution < -0.4 is 5.32 Å². The van der Waals surface area contributed by atoms with Crippen LogP contribution >= 0.6 is 0 Å². The molecule has 23 heavy (non-hydrogen) atoms. The number of aromatic nitrogens is 1. The lowest BCUT2D eigenvalue weighted by Gasteiger charge is -2.24. The Morgan fingerprint density at radius 2 is 2.00 bits per heavy atom. The van der Waals surface area contributed by atoms with E-state index in [1.807, 2.05) is 6.07 Å². The number of fused-ring (bicyclic) bond motifs is 4. The SMILES string of the molecule is c1cc(CC2NCCc3c2[nH]c2ccccc32)c2occc2c1. The van der Waals surface area contributed by atoms with Crippen LogP contribution in [0.15, 0.2) is 59.2 Å². The zero-order chi connectivity index (χ0) is 15.2. The molecular formula is C20H18N2O. The largest absolute Gasteiger partial charge is 0.464 e. The molecule has 0 bridgehead atoms. The van der Waals surface area contributed by atoms with Crippen LogP contribution in [0.1, 0.15) is 22.9 Å². The summed E-state index contributed by atoms with van der Waals surface area (Å²) in [5.41, 5.74) is 6.31. The van der Waals surface area contributed by atoms with E-state index in [1.54, 1.807) is 6.26 Å². The monoisotopic (exact) mass is 302 g/mol. The molecule has 3 heteroatoms. The van der Waals surface area contributed by atoms with Crippen LogP contribution in [0.25, 0.3) is 21.9 Å². The number of furan rings is 1. The van der Waals surface area contributed by atoms with Gasteiger partial charge in [-0.05, 0) is 42.6 Å². The van der Waals surface area contributed by atoms with E-state index in [0.717, 1.165) is 25.0 Å². The number of aromatic amines is 1. The van der Waals surface area contributed by atoms with E-state index in [4.69, 9.17) is 4.42 Å². The van der Waals surface area contributed by atoms with Crippen LogP contribution in [-0.2, 0) is 12.8 Å². The Bertz CT molecular complexity index is 995. The van der Waals surface area contributed by atoms with Gasteiger partial charge in [0.15, 0.2) is 0 Å². The molecule has 0 radical (unpaired) electrons. The molecule has 2 aromatic carbocycles. The Balaban J connectivity index is 1.59. The maximum atomic E-state index is 5.70. The van der Waals surface area contributed by atoms with Crippen molar-refractivity contribution in [2.24, 2.45) is 0 Å². The number of para-hydroxylation sites is 2. The number of rotatable bonds is 2. The lowest BCUT2D eigenvalue weighted by atomic mass is 9.94. The average Bonchev–Trinajstić information content (AvgIpc) is 3.20. The minimum atomic E-state index is 0.307. The van der Waals surface area contributed by atoms with E-state index in [0.29, 0.717) is 6.04 Å². The summed E-state index contributed by atoms with van der Waals surface area (Å²) in [5, 5.41) is 6.21. The Labute approximate surface area is 134 Å². The molecule has 1 aliphatic rings. The molecule has 0 fully saturated rings. The molecule has 0 saturated carbocycles. The van der Waals surface area contributed by atoms with Gasteiger partial charge in [-0.2, -0.15) is 0 Å². The molecule has 1 aliphatic heterocycles. The molecule has 0 spiro atoms. The lowest BCUT2D eigenvalue weighted by molar-refractivity contribution is 0.492. The van der Waals surface area contributed by atoms with Crippen molar-refractivity contribution in [2.45, 2.75) is 18.9 Å². The normalized spacial score (nSPS) is 17.7. The third-order valence-corrected chi connectivity index (χ3v) is 4.95. The summed E-state index contributed by atoms with van der Waals surface area (Å²) >= 11 is 0. The predicted octanol–water partition coefficient (Wildman–Crippen LogP) is 4.34. The second-order valence-corrected chi connectivity index (χ2v) is 6.28. The molecular weight excluding hydrogens is 284 g/mol. The second kappa shape index (κ2) is 5.00. The molecule has 0 amide bonds. The predicted molar refractivity (Wildman–Crippen MR) is 92.7 cm³/mol. The van der Waals surface area contributed by atoms with E-state index < -0.39 is 0 Å². The Morgan fingerprint density at radius 1 is 1.04 bits per heavy atom. The van der Waals surface area contributed by atoms with Crippen molar-refractivity contribution in [2.75, 3.05) is 6.54 Å². The van der Waals surface area contributed by atoms with Gasteiger partial charge in [0.2, 0.25) is 0 Å². The highest BCUT2D eigenvalue weighted by Gasteiger charge is 2.24. The molecule has 0 aliphatic carbocycles. The Kier molecular flexibility index (Phi) is 2.82. The molecule has 1 unspecified atom stereocenters. The first-order valence-electron chi connectivity index (χ1n) is 8.18. The average molecular weight is 302 g/mol. The van der Waals surface area contributed by atoms with Gasteiger partial charge in [-0.25, -0.2) is 0 Å². The standard InChI is InChI=1S/C20H18N2O/c1-2-7-17-15(6-1)16-8-10-21-18(19(16)22-17)12-14-5-3-4-13-9-11-23-20(13)14/h1-7,9,11,18,21-22H,8,10,12H2. The van der Waals surface area contributed by atoms with Crippen LogP contribution in [-0.4, -0.2) is 11.5 Å². The maximum Gasteiger partial charge on any atom is 0.137 e. The molecule has 3 nitrogen and oxygen atoms in total. The first kappa shape index (κ1) is 13.0. The summed E-state index contributed by atoms with van der Waals surface area (Å²) in [7, 11) is 0. The number of hydrogen-bond acceptors (Lipinski definition) is 2. The van der Waals surface area contributed by atoms with Gasteiger partial charge in [-0.15, -0.1) is 0 Å². The first-order chi connectivity index (χ1) is 11.4. The van der Waals surface area contributed by atoms with Gasteiger partial charge in [0, 0.05) is 22.0 Å².